The monoisotopic (exact) mass is 194 g/mol. The van der Waals surface area contributed by atoms with Crippen LogP contribution < -0.4 is 0 Å². The van der Waals surface area contributed by atoms with E-state index in [1.807, 2.05) is 13.8 Å². The van der Waals surface area contributed by atoms with Crippen LogP contribution in [-0.4, -0.2) is 27.5 Å². The van der Waals surface area contributed by atoms with Gasteiger partial charge in [-0.05, 0) is 13.8 Å². The zero-order chi connectivity index (χ0) is 9.82. The Morgan fingerprint density at radius 3 is 1.42 bits per heavy atom. The topological polar surface area (TPSA) is 38.7 Å². The molecule has 0 bridgehead atoms. The molecule has 0 amide bonds. The Morgan fingerprint density at radius 1 is 0.917 bits per heavy atom. The van der Waals surface area contributed by atoms with Crippen molar-refractivity contribution in [2.24, 2.45) is 0 Å². The van der Waals surface area contributed by atoms with Gasteiger partial charge < -0.3 is 13.6 Å². The average Bonchev–Trinajstić information content (AvgIpc) is 2.06. The molecule has 0 saturated heterocycles. The molecule has 0 fully saturated rings. The second kappa shape index (κ2) is 13.7. The highest BCUT2D eigenvalue weighted by molar-refractivity contribution is 6.34. The zero-order valence-electron chi connectivity index (χ0n) is 8.67. The van der Waals surface area contributed by atoms with Crippen molar-refractivity contribution in [2.45, 2.75) is 40.5 Å². The fraction of sp³-hybridized carbons (Fsp3) is 1.00. The van der Waals surface area contributed by atoms with Gasteiger partial charge in [0.25, 0.3) is 0 Å². The Morgan fingerprint density at radius 2 is 1.25 bits per heavy atom. The summed E-state index contributed by atoms with van der Waals surface area (Å²) in [6, 6.07) is 0. The van der Waals surface area contributed by atoms with E-state index in [2.05, 4.69) is 13.8 Å². The molecule has 0 aliphatic heterocycles. The molecule has 0 atom stereocenters. The highest BCUT2D eigenvalue weighted by atomic mass is 28.3. The van der Waals surface area contributed by atoms with Crippen LogP contribution in [0.25, 0.3) is 0 Å². The van der Waals surface area contributed by atoms with Gasteiger partial charge in [0.15, 0.2) is 0 Å². The minimum atomic E-state index is -2.20. The van der Waals surface area contributed by atoms with Crippen molar-refractivity contribution in [3.63, 3.8) is 0 Å². The quantitative estimate of drug-likeness (QED) is 0.675. The standard InChI is InChI=1S/C4H12O3Si.C4H10/c1-3-6-8(5)7-4-2;1-3-4-2/h5,8H,3-4H2,1-2H3;3-4H2,1-2H3. The Kier molecular flexibility index (Phi) is 16.6. The SMILES string of the molecule is CCCC.CCO[SiH](O)OCC. The molecule has 0 aliphatic carbocycles. The Hall–Kier alpha value is 0.0969. The summed E-state index contributed by atoms with van der Waals surface area (Å²) in [6.07, 6.45) is 2.64. The lowest BCUT2D eigenvalue weighted by atomic mass is 10.4. The van der Waals surface area contributed by atoms with Crippen LogP contribution in [0.15, 0.2) is 0 Å². The van der Waals surface area contributed by atoms with Crippen LogP contribution in [0.2, 0.25) is 0 Å². The van der Waals surface area contributed by atoms with Gasteiger partial charge in [-0.15, -0.1) is 0 Å². The molecule has 0 unspecified atom stereocenters. The fourth-order valence-electron chi connectivity index (χ4n) is 0.333. The second-order valence-electron chi connectivity index (χ2n) is 2.22. The lowest BCUT2D eigenvalue weighted by Crippen LogP contribution is -2.22. The summed E-state index contributed by atoms with van der Waals surface area (Å²) < 4.78 is 9.51. The van der Waals surface area contributed by atoms with E-state index in [4.69, 9.17) is 13.6 Å². The summed E-state index contributed by atoms with van der Waals surface area (Å²) in [7, 11) is -2.20. The van der Waals surface area contributed by atoms with Crippen LogP contribution in [0.4, 0.5) is 0 Å². The van der Waals surface area contributed by atoms with Crippen LogP contribution in [0.3, 0.4) is 0 Å². The normalized spacial score (nSPS) is 9.50. The molecule has 0 aromatic heterocycles. The smallest absolute Gasteiger partial charge is 0.392 e. The van der Waals surface area contributed by atoms with E-state index < -0.39 is 9.53 Å². The average molecular weight is 194 g/mol. The molecule has 0 heterocycles. The molecule has 0 aliphatic rings. The van der Waals surface area contributed by atoms with Crippen LogP contribution >= 0.6 is 0 Å². The van der Waals surface area contributed by atoms with E-state index in [0.29, 0.717) is 13.2 Å². The highest BCUT2D eigenvalue weighted by Gasteiger charge is 2.04. The first-order valence-corrected chi connectivity index (χ1v) is 6.09. The first-order valence-electron chi connectivity index (χ1n) is 4.64. The molecule has 0 rings (SSSR count). The van der Waals surface area contributed by atoms with Crippen LogP contribution in [0.1, 0.15) is 40.5 Å². The minimum Gasteiger partial charge on any atom is -0.392 e. The third kappa shape index (κ3) is 16.6. The van der Waals surface area contributed by atoms with Crippen molar-refractivity contribution in [1.82, 2.24) is 0 Å². The van der Waals surface area contributed by atoms with Crippen molar-refractivity contribution >= 4 is 9.53 Å². The van der Waals surface area contributed by atoms with Gasteiger partial charge in [-0.2, -0.15) is 0 Å². The molecule has 1 N–H and O–H groups in total. The van der Waals surface area contributed by atoms with Gasteiger partial charge in [0, 0.05) is 13.2 Å². The van der Waals surface area contributed by atoms with Crippen molar-refractivity contribution in [1.29, 1.82) is 0 Å². The van der Waals surface area contributed by atoms with Gasteiger partial charge in [0.2, 0.25) is 0 Å². The molecule has 4 heteroatoms. The number of hydrogen-bond donors (Lipinski definition) is 1. The zero-order valence-corrected chi connectivity index (χ0v) is 9.82. The Bertz CT molecular complexity index is 63.3. The minimum absolute atomic E-state index is 0.535. The lowest BCUT2D eigenvalue weighted by molar-refractivity contribution is 0.145. The highest BCUT2D eigenvalue weighted by Crippen LogP contribution is 1.81. The van der Waals surface area contributed by atoms with E-state index >= 15 is 0 Å². The van der Waals surface area contributed by atoms with Crippen molar-refractivity contribution in [3.8, 4) is 0 Å². The van der Waals surface area contributed by atoms with Crippen LogP contribution in [0, 0.1) is 0 Å². The third-order valence-corrected chi connectivity index (χ3v) is 2.36. The Balaban J connectivity index is 0. The van der Waals surface area contributed by atoms with Crippen molar-refractivity contribution in [3.05, 3.63) is 0 Å². The first-order chi connectivity index (χ1) is 5.72. The largest absolute Gasteiger partial charge is 0.481 e. The molecule has 3 nitrogen and oxygen atoms in total. The first kappa shape index (κ1) is 14.6. The number of unbranched alkanes of at least 4 members (excludes halogenated alkanes) is 1. The molecule has 0 aromatic rings. The van der Waals surface area contributed by atoms with Crippen LogP contribution in [0.5, 0.6) is 0 Å². The maximum Gasteiger partial charge on any atom is 0.481 e. The molecule has 0 saturated carbocycles. The maximum atomic E-state index is 8.74. The molecule has 76 valence electrons. The summed E-state index contributed by atoms with van der Waals surface area (Å²) >= 11 is 0. The van der Waals surface area contributed by atoms with Gasteiger partial charge in [-0.3, -0.25) is 0 Å². The van der Waals surface area contributed by atoms with E-state index in [1.165, 1.54) is 12.8 Å². The summed E-state index contributed by atoms with van der Waals surface area (Å²) in [5.74, 6) is 0. The lowest BCUT2D eigenvalue weighted by Gasteiger charge is -2.05. The summed E-state index contributed by atoms with van der Waals surface area (Å²) in [6.45, 7) is 9.09. The summed E-state index contributed by atoms with van der Waals surface area (Å²) in [5, 5.41) is 0. The fourth-order valence-corrected chi connectivity index (χ4v) is 1.000. The van der Waals surface area contributed by atoms with E-state index in [0.717, 1.165) is 0 Å². The number of rotatable bonds is 5. The van der Waals surface area contributed by atoms with Crippen LogP contribution in [-0.2, 0) is 8.85 Å². The molecular formula is C8H22O3Si. The molecular weight excluding hydrogens is 172 g/mol. The predicted octanol–water partition coefficient (Wildman–Crippen LogP) is 1.58. The number of hydrogen-bond acceptors (Lipinski definition) is 3. The third-order valence-electron chi connectivity index (χ3n) is 1.12. The van der Waals surface area contributed by atoms with E-state index in [-0.39, 0.29) is 0 Å². The van der Waals surface area contributed by atoms with Gasteiger partial charge >= 0.3 is 9.53 Å². The molecule has 12 heavy (non-hydrogen) atoms. The van der Waals surface area contributed by atoms with Gasteiger partial charge in [0.05, 0.1) is 0 Å². The van der Waals surface area contributed by atoms with E-state index in [9.17, 15) is 0 Å². The Labute approximate surface area is 77.7 Å². The van der Waals surface area contributed by atoms with E-state index in [1.54, 1.807) is 0 Å². The van der Waals surface area contributed by atoms with Gasteiger partial charge in [-0.25, -0.2) is 0 Å². The molecule has 0 spiro atoms. The summed E-state index contributed by atoms with van der Waals surface area (Å²) in [5.41, 5.74) is 0. The van der Waals surface area contributed by atoms with Gasteiger partial charge in [-0.1, -0.05) is 26.7 Å². The van der Waals surface area contributed by atoms with Gasteiger partial charge in [0.1, 0.15) is 0 Å². The second-order valence-corrected chi connectivity index (χ2v) is 3.50. The summed E-state index contributed by atoms with van der Waals surface area (Å²) in [4.78, 5) is 8.74. The maximum absolute atomic E-state index is 8.74. The predicted molar refractivity (Wildman–Crippen MR) is 53.2 cm³/mol. The van der Waals surface area contributed by atoms with Crippen molar-refractivity contribution < 1.29 is 13.6 Å². The van der Waals surface area contributed by atoms with Crippen molar-refractivity contribution in [2.75, 3.05) is 13.2 Å². The molecule has 0 radical (unpaired) electrons. The molecule has 0 aromatic carbocycles.